The van der Waals surface area contributed by atoms with E-state index < -0.39 is 12.0 Å². The van der Waals surface area contributed by atoms with Gasteiger partial charge >= 0.3 is 12.0 Å². The molecule has 0 saturated carbocycles. The number of urea groups is 1. The molecule has 18 heavy (non-hydrogen) atoms. The van der Waals surface area contributed by atoms with Crippen LogP contribution in [0.3, 0.4) is 0 Å². The lowest BCUT2D eigenvalue weighted by atomic mass is 9.98. The maximum Gasteiger partial charge on any atom is 0.327 e. The van der Waals surface area contributed by atoms with Gasteiger partial charge < -0.3 is 14.9 Å². The van der Waals surface area contributed by atoms with Crippen molar-refractivity contribution >= 4 is 23.8 Å². The third-order valence-electron chi connectivity index (χ3n) is 3.83. The van der Waals surface area contributed by atoms with E-state index in [4.69, 9.17) is 5.11 Å². The Balaban J connectivity index is 2.12. The van der Waals surface area contributed by atoms with Crippen molar-refractivity contribution in [2.75, 3.05) is 11.6 Å². The molecule has 0 radical (unpaired) electrons. The van der Waals surface area contributed by atoms with Crippen LogP contribution in [-0.2, 0) is 4.79 Å². The van der Waals surface area contributed by atoms with Crippen LogP contribution in [0.2, 0.25) is 0 Å². The summed E-state index contributed by atoms with van der Waals surface area (Å²) in [5.41, 5.74) is 0. The number of hydrogen-bond donors (Lipinski definition) is 1. The summed E-state index contributed by atoms with van der Waals surface area (Å²) < 4.78 is 0. The predicted octanol–water partition coefficient (Wildman–Crippen LogP) is 1.83. The number of rotatable bonds is 1. The Morgan fingerprint density at radius 1 is 1.22 bits per heavy atom. The standard InChI is InChI=1S/C12H20N2O3S/c1-8-4-3-5-9(2)14(8)12(17)13-7-18-6-10(13)11(15)16/h8-10H,3-7H2,1-2H3,(H,15,16). The normalized spacial score (nSPS) is 32.7. The second-order valence-corrected chi connectivity index (χ2v) is 6.14. The molecule has 1 N–H and O–H groups in total. The van der Waals surface area contributed by atoms with E-state index in [9.17, 15) is 9.59 Å². The fourth-order valence-electron chi connectivity index (χ4n) is 2.78. The largest absolute Gasteiger partial charge is 0.480 e. The Morgan fingerprint density at radius 2 is 1.83 bits per heavy atom. The maximum absolute atomic E-state index is 12.5. The Hall–Kier alpha value is -0.910. The molecular weight excluding hydrogens is 252 g/mol. The molecule has 2 aliphatic heterocycles. The van der Waals surface area contributed by atoms with Gasteiger partial charge in [0.2, 0.25) is 0 Å². The first-order chi connectivity index (χ1) is 8.52. The second-order valence-electron chi connectivity index (χ2n) is 5.14. The van der Waals surface area contributed by atoms with Crippen LogP contribution in [0, 0.1) is 0 Å². The highest BCUT2D eigenvalue weighted by atomic mass is 32.2. The Morgan fingerprint density at radius 3 is 2.39 bits per heavy atom. The van der Waals surface area contributed by atoms with Crippen molar-refractivity contribution in [3.05, 3.63) is 0 Å². The van der Waals surface area contributed by atoms with E-state index in [0.717, 1.165) is 19.3 Å². The monoisotopic (exact) mass is 272 g/mol. The first-order valence-corrected chi connectivity index (χ1v) is 7.57. The molecule has 6 heteroatoms. The van der Waals surface area contributed by atoms with Crippen LogP contribution in [-0.4, -0.2) is 56.7 Å². The summed E-state index contributed by atoms with van der Waals surface area (Å²) in [6.45, 7) is 4.10. The van der Waals surface area contributed by atoms with Crippen molar-refractivity contribution in [2.24, 2.45) is 0 Å². The lowest BCUT2D eigenvalue weighted by molar-refractivity contribution is -0.141. The molecule has 0 aliphatic carbocycles. The summed E-state index contributed by atoms with van der Waals surface area (Å²) in [6, 6.07) is -0.349. The lowest BCUT2D eigenvalue weighted by Crippen LogP contribution is -2.55. The number of likely N-dealkylation sites (tertiary alicyclic amines) is 1. The molecule has 3 unspecified atom stereocenters. The first-order valence-electron chi connectivity index (χ1n) is 6.42. The van der Waals surface area contributed by atoms with Crippen LogP contribution < -0.4 is 0 Å². The number of carboxylic acids is 1. The minimum Gasteiger partial charge on any atom is -0.480 e. The van der Waals surface area contributed by atoms with Crippen molar-refractivity contribution in [3.63, 3.8) is 0 Å². The van der Waals surface area contributed by atoms with Gasteiger partial charge in [-0.05, 0) is 33.1 Å². The van der Waals surface area contributed by atoms with Crippen LogP contribution in [0.25, 0.3) is 0 Å². The lowest BCUT2D eigenvalue weighted by Gasteiger charge is -2.41. The zero-order valence-electron chi connectivity index (χ0n) is 10.8. The van der Waals surface area contributed by atoms with Crippen molar-refractivity contribution in [2.45, 2.75) is 51.2 Å². The Bertz CT molecular complexity index is 340. The summed E-state index contributed by atoms with van der Waals surface area (Å²) in [6.07, 6.45) is 3.16. The summed E-state index contributed by atoms with van der Waals surface area (Å²) in [5, 5.41) is 9.14. The number of thioether (sulfide) groups is 1. The predicted molar refractivity (Wildman–Crippen MR) is 70.6 cm³/mol. The summed E-state index contributed by atoms with van der Waals surface area (Å²) in [5.74, 6) is 0.0920. The summed E-state index contributed by atoms with van der Waals surface area (Å²) in [4.78, 5) is 27.0. The van der Waals surface area contributed by atoms with Gasteiger partial charge in [-0.1, -0.05) is 0 Å². The first kappa shape index (κ1) is 13.5. The van der Waals surface area contributed by atoms with Gasteiger partial charge in [-0.2, -0.15) is 0 Å². The van der Waals surface area contributed by atoms with Crippen molar-refractivity contribution in [1.82, 2.24) is 9.80 Å². The topological polar surface area (TPSA) is 60.9 Å². The SMILES string of the molecule is CC1CCCC(C)N1C(=O)N1CSCC1C(=O)O. The highest BCUT2D eigenvalue weighted by molar-refractivity contribution is 7.99. The highest BCUT2D eigenvalue weighted by Gasteiger charge is 2.40. The van der Waals surface area contributed by atoms with Crippen molar-refractivity contribution in [3.8, 4) is 0 Å². The molecule has 3 atom stereocenters. The number of carbonyl (C=O) groups is 2. The van der Waals surface area contributed by atoms with E-state index in [1.54, 1.807) is 0 Å². The molecule has 0 aromatic carbocycles. The maximum atomic E-state index is 12.5. The van der Waals surface area contributed by atoms with Gasteiger partial charge in [-0.25, -0.2) is 9.59 Å². The van der Waals surface area contributed by atoms with E-state index in [2.05, 4.69) is 0 Å². The van der Waals surface area contributed by atoms with Crippen LogP contribution in [0.1, 0.15) is 33.1 Å². The number of carbonyl (C=O) groups excluding carboxylic acids is 1. The second kappa shape index (κ2) is 5.38. The minimum atomic E-state index is -0.898. The van der Waals surface area contributed by atoms with Crippen molar-refractivity contribution in [1.29, 1.82) is 0 Å². The van der Waals surface area contributed by atoms with E-state index in [-0.39, 0.29) is 18.1 Å². The molecule has 0 aromatic heterocycles. The zero-order chi connectivity index (χ0) is 13.3. The molecule has 0 bridgehead atoms. The average molecular weight is 272 g/mol. The number of hydrogen-bond acceptors (Lipinski definition) is 3. The van der Waals surface area contributed by atoms with Crippen LogP contribution in [0.15, 0.2) is 0 Å². The number of piperidine rings is 1. The highest BCUT2D eigenvalue weighted by Crippen LogP contribution is 2.28. The van der Waals surface area contributed by atoms with Crippen LogP contribution in [0.4, 0.5) is 4.79 Å². The average Bonchev–Trinajstić information content (AvgIpc) is 2.77. The van der Waals surface area contributed by atoms with Gasteiger partial charge in [0.1, 0.15) is 6.04 Å². The molecule has 2 aliphatic rings. The molecule has 2 saturated heterocycles. The van der Waals surface area contributed by atoms with E-state index >= 15 is 0 Å². The number of aliphatic carboxylic acids is 1. The quantitative estimate of drug-likeness (QED) is 0.791. The molecular formula is C12H20N2O3S. The minimum absolute atomic E-state index is 0.105. The number of nitrogens with zero attached hydrogens (tertiary/aromatic N) is 2. The van der Waals surface area contributed by atoms with Gasteiger partial charge in [-0.3, -0.25) is 0 Å². The van der Waals surface area contributed by atoms with Gasteiger partial charge in [0.15, 0.2) is 0 Å². The van der Waals surface area contributed by atoms with Gasteiger partial charge in [0, 0.05) is 17.8 Å². The Labute approximate surface area is 112 Å². The molecule has 2 rings (SSSR count). The third kappa shape index (κ3) is 2.43. The molecule has 2 fully saturated rings. The molecule has 0 spiro atoms. The van der Waals surface area contributed by atoms with Gasteiger partial charge in [0.05, 0.1) is 5.88 Å². The van der Waals surface area contributed by atoms with E-state index in [1.807, 2.05) is 18.7 Å². The molecule has 5 nitrogen and oxygen atoms in total. The van der Waals surface area contributed by atoms with E-state index in [1.165, 1.54) is 16.7 Å². The van der Waals surface area contributed by atoms with Crippen LogP contribution >= 0.6 is 11.8 Å². The fourth-order valence-corrected chi connectivity index (χ4v) is 3.92. The fraction of sp³-hybridized carbons (Fsp3) is 0.833. The van der Waals surface area contributed by atoms with E-state index in [0.29, 0.717) is 11.6 Å². The van der Waals surface area contributed by atoms with Crippen LogP contribution in [0.5, 0.6) is 0 Å². The molecule has 0 aromatic rings. The third-order valence-corrected chi connectivity index (χ3v) is 4.84. The summed E-state index contributed by atoms with van der Waals surface area (Å²) >= 11 is 1.51. The zero-order valence-corrected chi connectivity index (χ0v) is 11.7. The smallest absolute Gasteiger partial charge is 0.327 e. The molecule has 2 amide bonds. The Kier molecular flexibility index (Phi) is 4.04. The number of carboxylic acid groups (broad SMARTS) is 1. The van der Waals surface area contributed by atoms with Gasteiger partial charge in [-0.15, -0.1) is 11.8 Å². The summed E-state index contributed by atoms with van der Waals surface area (Å²) in [7, 11) is 0. The molecule has 102 valence electrons. The van der Waals surface area contributed by atoms with Crippen molar-refractivity contribution < 1.29 is 14.7 Å². The van der Waals surface area contributed by atoms with Gasteiger partial charge in [0.25, 0.3) is 0 Å². The number of amides is 2. The molecule has 2 heterocycles.